The fourth-order valence-corrected chi connectivity index (χ4v) is 3.11. The smallest absolute Gasteiger partial charge is 0.254 e. The Balaban J connectivity index is 1.79. The Hall–Kier alpha value is -2.14. The third-order valence-corrected chi connectivity index (χ3v) is 4.41. The molecular weight excluding hydrogens is 288 g/mol. The van der Waals surface area contributed by atoms with Crippen molar-refractivity contribution >= 4 is 5.91 Å². The number of hydrogen-bond acceptors (Lipinski definition) is 3. The van der Waals surface area contributed by atoms with Gasteiger partial charge in [-0.15, -0.1) is 0 Å². The molecule has 1 aromatic heterocycles. The number of nitrogens with zero attached hydrogens (tertiary/aromatic N) is 4. The molecule has 0 N–H and O–H groups in total. The van der Waals surface area contributed by atoms with Gasteiger partial charge in [0.1, 0.15) is 0 Å². The number of aryl methyl sites for hydroxylation is 2. The Morgan fingerprint density at radius 2 is 1.91 bits per heavy atom. The molecule has 5 nitrogen and oxygen atoms in total. The minimum atomic E-state index is 0.0969. The van der Waals surface area contributed by atoms with Crippen LogP contribution in [0, 0.1) is 0 Å². The molecule has 3 rings (SSSR count). The maximum absolute atomic E-state index is 12.7. The van der Waals surface area contributed by atoms with Gasteiger partial charge >= 0.3 is 0 Å². The second-order valence-corrected chi connectivity index (χ2v) is 6.45. The Labute approximate surface area is 137 Å². The summed E-state index contributed by atoms with van der Waals surface area (Å²) in [5, 5.41) is 4.60. The number of carbonyl (C=O) groups excluding carboxylic acids is 1. The topological polar surface area (TPSA) is 41.4 Å². The largest absolute Gasteiger partial charge is 0.328 e. The monoisotopic (exact) mass is 312 g/mol. The normalized spacial score (nSPS) is 13.7. The number of amides is 1. The number of rotatable bonds is 4. The molecule has 2 heterocycles. The van der Waals surface area contributed by atoms with Crippen LogP contribution in [-0.4, -0.2) is 39.6 Å². The van der Waals surface area contributed by atoms with Crippen molar-refractivity contribution < 1.29 is 4.79 Å². The minimum Gasteiger partial charge on any atom is -0.328 e. The zero-order valence-electron chi connectivity index (χ0n) is 14.3. The summed E-state index contributed by atoms with van der Waals surface area (Å²) in [6.07, 6.45) is 0.989. The predicted molar refractivity (Wildman–Crippen MR) is 90.0 cm³/mol. The Morgan fingerprint density at radius 1 is 1.22 bits per heavy atom. The van der Waals surface area contributed by atoms with Crippen LogP contribution in [0.2, 0.25) is 0 Å². The first-order valence-electron chi connectivity index (χ1n) is 8.06. The van der Waals surface area contributed by atoms with E-state index in [1.807, 2.05) is 55.0 Å². The highest BCUT2D eigenvalue weighted by Crippen LogP contribution is 2.27. The van der Waals surface area contributed by atoms with E-state index >= 15 is 0 Å². The van der Waals surface area contributed by atoms with Crippen molar-refractivity contribution in [2.75, 3.05) is 14.1 Å². The average Bonchev–Trinajstić information content (AvgIpc) is 3.08. The van der Waals surface area contributed by atoms with Crippen LogP contribution in [0.25, 0.3) is 0 Å². The van der Waals surface area contributed by atoms with E-state index in [4.69, 9.17) is 0 Å². The maximum atomic E-state index is 12.7. The van der Waals surface area contributed by atoms with Crippen LogP contribution in [0.3, 0.4) is 0 Å². The van der Waals surface area contributed by atoms with E-state index in [1.165, 1.54) is 11.1 Å². The Bertz CT molecular complexity index is 715. The molecule has 0 fully saturated rings. The summed E-state index contributed by atoms with van der Waals surface area (Å²) >= 11 is 0. The number of aromatic nitrogens is 2. The van der Waals surface area contributed by atoms with E-state index in [0.29, 0.717) is 13.1 Å². The van der Waals surface area contributed by atoms with Crippen molar-refractivity contribution in [1.29, 1.82) is 0 Å². The molecule has 0 spiro atoms. The first-order valence-corrected chi connectivity index (χ1v) is 8.06. The van der Waals surface area contributed by atoms with E-state index in [2.05, 4.69) is 16.9 Å². The highest BCUT2D eigenvalue weighted by Gasteiger charge is 2.30. The standard InChI is InChI=1S/C18H24N4O/c1-5-13-6-8-14(9-7-13)18(23)22-10-15-16(11-20(2)3)19-21(4)17(15)12-22/h6-9H,5,10-12H2,1-4H3. The van der Waals surface area contributed by atoms with Crippen LogP contribution >= 0.6 is 0 Å². The lowest BCUT2D eigenvalue weighted by Gasteiger charge is -2.17. The van der Waals surface area contributed by atoms with E-state index in [9.17, 15) is 4.79 Å². The van der Waals surface area contributed by atoms with Gasteiger partial charge in [0.05, 0.1) is 24.5 Å². The van der Waals surface area contributed by atoms with Gasteiger partial charge in [-0.3, -0.25) is 9.48 Å². The van der Waals surface area contributed by atoms with Crippen molar-refractivity contribution in [3.63, 3.8) is 0 Å². The fourth-order valence-electron chi connectivity index (χ4n) is 3.11. The van der Waals surface area contributed by atoms with Gasteiger partial charge < -0.3 is 9.80 Å². The lowest BCUT2D eigenvalue weighted by Crippen LogP contribution is -2.26. The van der Waals surface area contributed by atoms with Crippen LogP contribution in [0.5, 0.6) is 0 Å². The van der Waals surface area contributed by atoms with Crippen molar-refractivity contribution in [3.05, 3.63) is 52.3 Å². The molecule has 0 aliphatic carbocycles. The second-order valence-electron chi connectivity index (χ2n) is 6.45. The third-order valence-electron chi connectivity index (χ3n) is 4.41. The summed E-state index contributed by atoms with van der Waals surface area (Å²) < 4.78 is 1.92. The predicted octanol–water partition coefficient (Wildman–Crippen LogP) is 2.20. The molecule has 0 saturated heterocycles. The molecule has 0 unspecified atom stereocenters. The summed E-state index contributed by atoms with van der Waals surface area (Å²) in [6.45, 7) is 4.21. The Kier molecular flexibility index (Phi) is 4.22. The van der Waals surface area contributed by atoms with E-state index < -0.39 is 0 Å². The molecule has 1 amide bonds. The first-order chi connectivity index (χ1) is 11.0. The van der Waals surface area contributed by atoms with Crippen LogP contribution in [0.15, 0.2) is 24.3 Å². The molecule has 0 saturated carbocycles. The van der Waals surface area contributed by atoms with Gasteiger partial charge in [-0.2, -0.15) is 5.10 Å². The molecule has 23 heavy (non-hydrogen) atoms. The molecule has 1 aliphatic heterocycles. The van der Waals surface area contributed by atoms with Crippen LogP contribution in [0.4, 0.5) is 0 Å². The minimum absolute atomic E-state index is 0.0969. The summed E-state index contributed by atoms with van der Waals surface area (Å²) in [6, 6.07) is 7.94. The highest BCUT2D eigenvalue weighted by molar-refractivity contribution is 5.94. The second kappa shape index (κ2) is 6.16. The van der Waals surface area contributed by atoms with Gasteiger partial charge in [0.15, 0.2) is 0 Å². The number of hydrogen-bond donors (Lipinski definition) is 0. The summed E-state index contributed by atoms with van der Waals surface area (Å²) in [4.78, 5) is 16.8. The SMILES string of the molecule is CCc1ccc(C(=O)N2Cc3c(CN(C)C)nn(C)c3C2)cc1. The average molecular weight is 312 g/mol. The molecule has 1 aromatic carbocycles. The molecule has 0 bridgehead atoms. The lowest BCUT2D eigenvalue weighted by atomic mass is 10.1. The lowest BCUT2D eigenvalue weighted by molar-refractivity contribution is 0.0748. The molecule has 122 valence electrons. The summed E-state index contributed by atoms with van der Waals surface area (Å²) in [5.74, 6) is 0.0969. The highest BCUT2D eigenvalue weighted by atomic mass is 16.2. The number of carbonyl (C=O) groups is 1. The van der Waals surface area contributed by atoms with E-state index in [1.54, 1.807) is 0 Å². The Morgan fingerprint density at radius 3 is 2.52 bits per heavy atom. The van der Waals surface area contributed by atoms with Gasteiger partial charge in [-0.1, -0.05) is 19.1 Å². The molecular formula is C18H24N4O. The maximum Gasteiger partial charge on any atom is 0.254 e. The zero-order valence-corrected chi connectivity index (χ0v) is 14.3. The van der Waals surface area contributed by atoms with Crippen molar-refractivity contribution in [1.82, 2.24) is 19.6 Å². The van der Waals surface area contributed by atoms with Crippen molar-refractivity contribution in [2.45, 2.75) is 33.0 Å². The van der Waals surface area contributed by atoms with Gasteiger partial charge in [-0.05, 0) is 38.2 Å². The van der Waals surface area contributed by atoms with E-state index in [0.717, 1.165) is 29.9 Å². The van der Waals surface area contributed by atoms with Crippen LogP contribution in [0.1, 0.15) is 39.8 Å². The summed E-state index contributed by atoms with van der Waals surface area (Å²) in [7, 11) is 6.03. The van der Waals surface area contributed by atoms with Crippen molar-refractivity contribution in [3.8, 4) is 0 Å². The number of fused-ring (bicyclic) bond motifs is 1. The fraction of sp³-hybridized carbons (Fsp3) is 0.444. The number of benzene rings is 1. The molecule has 2 aromatic rings. The zero-order chi connectivity index (χ0) is 16.6. The first kappa shape index (κ1) is 15.7. The van der Waals surface area contributed by atoms with Crippen molar-refractivity contribution in [2.24, 2.45) is 7.05 Å². The van der Waals surface area contributed by atoms with Gasteiger partial charge in [0, 0.05) is 24.7 Å². The van der Waals surface area contributed by atoms with Gasteiger partial charge in [-0.25, -0.2) is 0 Å². The molecule has 0 radical (unpaired) electrons. The molecule has 0 atom stereocenters. The van der Waals surface area contributed by atoms with Crippen LogP contribution < -0.4 is 0 Å². The van der Waals surface area contributed by atoms with E-state index in [-0.39, 0.29) is 5.91 Å². The van der Waals surface area contributed by atoms with Gasteiger partial charge in [0.25, 0.3) is 5.91 Å². The third kappa shape index (κ3) is 3.01. The summed E-state index contributed by atoms with van der Waals surface area (Å²) in [5.41, 5.74) is 5.45. The van der Waals surface area contributed by atoms with Crippen LogP contribution in [-0.2, 0) is 33.1 Å². The van der Waals surface area contributed by atoms with Gasteiger partial charge in [0.2, 0.25) is 0 Å². The quantitative estimate of drug-likeness (QED) is 0.869. The molecule has 1 aliphatic rings. The molecule has 5 heteroatoms.